The largest absolute Gasteiger partial charge is 0.478 e. The van der Waals surface area contributed by atoms with Crippen molar-refractivity contribution in [1.29, 1.82) is 0 Å². The lowest BCUT2D eigenvalue weighted by Crippen LogP contribution is -2.29. The molecule has 114 valence electrons. The number of ether oxygens (including phenoxy) is 1. The zero-order valence-electron chi connectivity index (χ0n) is 11.6. The molecule has 1 fully saturated rings. The number of aromatic carboxylic acids is 1. The van der Waals surface area contributed by atoms with Crippen molar-refractivity contribution in [2.24, 2.45) is 0 Å². The predicted octanol–water partition coefficient (Wildman–Crippen LogP) is 2.84. The molecule has 1 aliphatic heterocycles. The van der Waals surface area contributed by atoms with Gasteiger partial charge in [-0.2, -0.15) is 0 Å². The van der Waals surface area contributed by atoms with Crippen LogP contribution in [0, 0.1) is 0 Å². The van der Waals surface area contributed by atoms with Gasteiger partial charge < -0.3 is 15.2 Å². The molecule has 0 spiro atoms. The summed E-state index contributed by atoms with van der Waals surface area (Å²) in [4.78, 5) is 23.0. The molecular weight excluding hydrogens is 338 g/mol. The normalized spacial score (nSPS) is 18.2. The van der Waals surface area contributed by atoms with Crippen molar-refractivity contribution in [3.05, 3.63) is 33.8 Å². The Balaban J connectivity index is 1.89. The molecule has 1 unspecified atom stereocenters. The first-order valence-electron chi connectivity index (χ1n) is 7.00. The fraction of sp³-hybridized carbons (Fsp3) is 0.467. The first kappa shape index (κ1) is 16.0. The fourth-order valence-corrected chi connectivity index (χ4v) is 2.82. The third-order valence-corrected chi connectivity index (χ3v) is 3.89. The second-order valence-electron chi connectivity index (χ2n) is 5.07. The van der Waals surface area contributed by atoms with Gasteiger partial charge in [0.05, 0.1) is 11.7 Å². The van der Waals surface area contributed by atoms with E-state index in [1.807, 2.05) is 0 Å². The summed E-state index contributed by atoms with van der Waals surface area (Å²) in [5.74, 6) is -1.32. The zero-order valence-corrected chi connectivity index (χ0v) is 13.2. The van der Waals surface area contributed by atoms with E-state index in [4.69, 9.17) is 9.84 Å². The van der Waals surface area contributed by atoms with Gasteiger partial charge in [-0.05, 0) is 43.9 Å². The standard InChI is InChI=1S/C15H18BrNO4/c16-12-8-10(7-11(9-12)15(19)20)14(18)17-5-4-13-3-1-2-6-21-13/h7-9,13H,1-6H2,(H,17,18)(H,19,20). The fourth-order valence-electron chi connectivity index (χ4n) is 2.33. The van der Waals surface area contributed by atoms with E-state index in [-0.39, 0.29) is 17.6 Å². The van der Waals surface area contributed by atoms with Crippen LogP contribution in [0.5, 0.6) is 0 Å². The maximum Gasteiger partial charge on any atom is 0.335 e. The maximum absolute atomic E-state index is 12.0. The Bertz CT molecular complexity index is 526. The third-order valence-electron chi connectivity index (χ3n) is 3.43. The molecular formula is C15H18BrNO4. The van der Waals surface area contributed by atoms with Crippen molar-refractivity contribution in [2.75, 3.05) is 13.2 Å². The topological polar surface area (TPSA) is 75.6 Å². The minimum atomic E-state index is -1.05. The van der Waals surface area contributed by atoms with Gasteiger partial charge in [-0.25, -0.2) is 4.79 Å². The number of rotatable bonds is 5. The highest BCUT2D eigenvalue weighted by molar-refractivity contribution is 9.10. The van der Waals surface area contributed by atoms with Crippen LogP contribution in [0.3, 0.4) is 0 Å². The third kappa shape index (κ3) is 4.82. The van der Waals surface area contributed by atoms with Crippen LogP contribution >= 0.6 is 15.9 Å². The maximum atomic E-state index is 12.0. The number of carboxylic acid groups (broad SMARTS) is 1. The number of hydrogen-bond donors (Lipinski definition) is 2. The smallest absolute Gasteiger partial charge is 0.335 e. The molecule has 21 heavy (non-hydrogen) atoms. The van der Waals surface area contributed by atoms with Crippen molar-refractivity contribution in [2.45, 2.75) is 31.8 Å². The first-order valence-corrected chi connectivity index (χ1v) is 7.79. The highest BCUT2D eigenvalue weighted by atomic mass is 79.9. The van der Waals surface area contributed by atoms with Gasteiger partial charge in [0.1, 0.15) is 0 Å². The zero-order chi connectivity index (χ0) is 15.2. The molecule has 5 nitrogen and oxygen atoms in total. The minimum absolute atomic E-state index is 0.0881. The molecule has 1 aromatic rings. The van der Waals surface area contributed by atoms with Crippen LogP contribution < -0.4 is 5.32 Å². The molecule has 2 N–H and O–H groups in total. The van der Waals surface area contributed by atoms with E-state index >= 15 is 0 Å². The number of carboxylic acids is 1. The molecule has 6 heteroatoms. The van der Waals surface area contributed by atoms with E-state index in [9.17, 15) is 9.59 Å². The molecule has 0 aliphatic carbocycles. The quantitative estimate of drug-likeness (QED) is 0.851. The van der Waals surface area contributed by atoms with Crippen LogP contribution in [-0.2, 0) is 4.74 Å². The highest BCUT2D eigenvalue weighted by Crippen LogP contribution is 2.17. The summed E-state index contributed by atoms with van der Waals surface area (Å²) in [7, 11) is 0. The number of halogens is 1. The second-order valence-corrected chi connectivity index (χ2v) is 5.98. The summed E-state index contributed by atoms with van der Waals surface area (Å²) >= 11 is 3.22. The molecule has 1 aliphatic rings. The van der Waals surface area contributed by atoms with E-state index in [0.717, 1.165) is 25.9 Å². The van der Waals surface area contributed by atoms with Crippen LogP contribution in [0.2, 0.25) is 0 Å². The molecule has 1 atom stereocenters. The van der Waals surface area contributed by atoms with Crippen LogP contribution in [-0.4, -0.2) is 36.2 Å². The summed E-state index contributed by atoms with van der Waals surface area (Å²) in [5.41, 5.74) is 0.427. The van der Waals surface area contributed by atoms with E-state index in [1.54, 1.807) is 6.07 Å². The average Bonchev–Trinajstić information content (AvgIpc) is 2.47. The molecule has 2 rings (SSSR count). The van der Waals surface area contributed by atoms with Gasteiger partial charge in [0, 0.05) is 23.2 Å². The van der Waals surface area contributed by atoms with Crippen molar-refractivity contribution < 1.29 is 19.4 Å². The molecule has 0 radical (unpaired) electrons. The summed E-state index contributed by atoms with van der Waals surface area (Å²) in [5, 5.41) is 11.8. The van der Waals surface area contributed by atoms with Gasteiger partial charge in [-0.15, -0.1) is 0 Å². The number of amides is 1. The summed E-state index contributed by atoms with van der Waals surface area (Å²) < 4.78 is 6.17. The summed E-state index contributed by atoms with van der Waals surface area (Å²) in [6.45, 7) is 1.32. The molecule has 0 bridgehead atoms. The number of carbonyl (C=O) groups excluding carboxylic acids is 1. The Morgan fingerprint density at radius 2 is 2.05 bits per heavy atom. The van der Waals surface area contributed by atoms with Crippen LogP contribution in [0.4, 0.5) is 0 Å². The van der Waals surface area contributed by atoms with Gasteiger partial charge >= 0.3 is 5.97 Å². The summed E-state index contributed by atoms with van der Waals surface area (Å²) in [6, 6.07) is 4.45. The monoisotopic (exact) mass is 355 g/mol. The number of nitrogens with one attached hydrogen (secondary N) is 1. The Labute approximate surface area is 131 Å². The number of carbonyl (C=O) groups is 2. The van der Waals surface area contributed by atoms with Gasteiger partial charge in [0.25, 0.3) is 5.91 Å². The Kier molecular flexibility index (Phi) is 5.76. The van der Waals surface area contributed by atoms with Crippen LogP contribution in [0.1, 0.15) is 46.4 Å². The SMILES string of the molecule is O=C(O)c1cc(Br)cc(C(=O)NCCC2CCCCO2)c1. The summed E-state index contributed by atoms with van der Waals surface area (Å²) in [6.07, 6.45) is 4.32. The predicted molar refractivity (Wildman–Crippen MR) is 81.6 cm³/mol. The lowest BCUT2D eigenvalue weighted by Gasteiger charge is -2.22. The van der Waals surface area contributed by atoms with E-state index in [2.05, 4.69) is 21.2 Å². The molecule has 1 aromatic carbocycles. The van der Waals surface area contributed by atoms with Crippen molar-refractivity contribution >= 4 is 27.8 Å². The van der Waals surface area contributed by atoms with E-state index in [1.165, 1.54) is 18.6 Å². The number of benzene rings is 1. The molecule has 0 saturated carbocycles. The second kappa shape index (κ2) is 7.56. The Morgan fingerprint density at radius 1 is 1.29 bits per heavy atom. The minimum Gasteiger partial charge on any atom is -0.478 e. The highest BCUT2D eigenvalue weighted by Gasteiger charge is 2.15. The van der Waals surface area contributed by atoms with Gasteiger partial charge in [0.2, 0.25) is 0 Å². The van der Waals surface area contributed by atoms with Crippen LogP contribution in [0.25, 0.3) is 0 Å². The van der Waals surface area contributed by atoms with Crippen molar-refractivity contribution in [3.8, 4) is 0 Å². The Hall–Kier alpha value is -1.40. The van der Waals surface area contributed by atoms with Crippen molar-refractivity contribution in [3.63, 3.8) is 0 Å². The molecule has 0 aromatic heterocycles. The van der Waals surface area contributed by atoms with Crippen molar-refractivity contribution in [1.82, 2.24) is 5.32 Å². The molecule has 1 heterocycles. The molecule has 1 saturated heterocycles. The van der Waals surface area contributed by atoms with Gasteiger partial charge in [-0.3, -0.25) is 4.79 Å². The van der Waals surface area contributed by atoms with Crippen LogP contribution in [0.15, 0.2) is 22.7 Å². The average molecular weight is 356 g/mol. The lowest BCUT2D eigenvalue weighted by atomic mass is 10.1. The number of hydrogen-bond acceptors (Lipinski definition) is 3. The first-order chi connectivity index (χ1) is 10.1. The van der Waals surface area contributed by atoms with Gasteiger partial charge in [0.15, 0.2) is 0 Å². The van der Waals surface area contributed by atoms with E-state index in [0.29, 0.717) is 16.6 Å². The van der Waals surface area contributed by atoms with E-state index < -0.39 is 5.97 Å². The Morgan fingerprint density at radius 3 is 2.71 bits per heavy atom. The molecule has 1 amide bonds. The lowest BCUT2D eigenvalue weighted by molar-refractivity contribution is 0.0117. The van der Waals surface area contributed by atoms with Gasteiger partial charge in [-0.1, -0.05) is 15.9 Å².